The third-order valence-electron chi connectivity index (χ3n) is 5.25. The lowest BCUT2D eigenvalue weighted by atomic mass is 9.92. The molecule has 0 aliphatic heterocycles. The van der Waals surface area contributed by atoms with Crippen LogP contribution in [0.25, 0.3) is 5.69 Å². The van der Waals surface area contributed by atoms with Gasteiger partial charge in [-0.2, -0.15) is 5.10 Å². The van der Waals surface area contributed by atoms with E-state index < -0.39 is 6.03 Å². The standard InChI is InChI=1S/C25H26ClN5O3/c1-25(2,3)20-14-21(28-24(34)27-18-9-7-17(26)8-10-18)31(29-20)19-6-4-5-16(13-19)15-30-22(32)11-12-23(30)33/h4-14,32-33H,15H2,1-3H3,(H2,27,28,34). The molecule has 4 rings (SSSR count). The second kappa shape index (κ2) is 9.15. The molecule has 9 heteroatoms. The SMILES string of the molecule is CC(C)(C)c1cc(NC(=O)Nc2ccc(Cl)cc2)n(-c2cccc(Cn3c(O)ccc3O)c2)n1. The lowest BCUT2D eigenvalue weighted by Crippen LogP contribution is -2.21. The van der Waals surface area contributed by atoms with E-state index >= 15 is 0 Å². The van der Waals surface area contributed by atoms with Crippen LogP contribution in [0.3, 0.4) is 0 Å². The highest BCUT2D eigenvalue weighted by Crippen LogP contribution is 2.28. The van der Waals surface area contributed by atoms with E-state index in [1.165, 1.54) is 16.7 Å². The first kappa shape index (κ1) is 23.3. The summed E-state index contributed by atoms with van der Waals surface area (Å²) in [6.07, 6.45) is 0. The Kier molecular flexibility index (Phi) is 6.26. The Morgan fingerprint density at radius 3 is 2.29 bits per heavy atom. The van der Waals surface area contributed by atoms with E-state index in [2.05, 4.69) is 10.6 Å². The van der Waals surface area contributed by atoms with Crippen LogP contribution in [0.2, 0.25) is 5.02 Å². The molecule has 0 bridgehead atoms. The summed E-state index contributed by atoms with van der Waals surface area (Å²) in [4.78, 5) is 12.7. The van der Waals surface area contributed by atoms with E-state index in [0.717, 1.165) is 16.9 Å². The van der Waals surface area contributed by atoms with Gasteiger partial charge in [-0.25, -0.2) is 9.48 Å². The van der Waals surface area contributed by atoms with Crippen LogP contribution in [0.4, 0.5) is 16.3 Å². The molecule has 0 aliphatic rings. The molecule has 4 aromatic rings. The molecular weight excluding hydrogens is 454 g/mol. The minimum atomic E-state index is -0.415. The summed E-state index contributed by atoms with van der Waals surface area (Å²) >= 11 is 5.92. The maximum atomic E-state index is 12.7. The van der Waals surface area contributed by atoms with Gasteiger partial charge in [0.15, 0.2) is 11.8 Å². The molecule has 0 fully saturated rings. The van der Waals surface area contributed by atoms with E-state index in [1.807, 2.05) is 51.1 Å². The number of urea groups is 1. The maximum absolute atomic E-state index is 12.7. The van der Waals surface area contributed by atoms with Crippen molar-refractivity contribution in [2.45, 2.75) is 32.7 Å². The number of halogens is 1. The number of benzene rings is 2. The first-order valence-electron chi connectivity index (χ1n) is 10.7. The van der Waals surface area contributed by atoms with Crippen molar-refractivity contribution in [3.05, 3.63) is 83.0 Å². The van der Waals surface area contributed by atoms with E-state index in [-0.39, 0.29) is 23.7 Å². The number of nitrogens with one attached hydrogen (secondary N) is 2. The number of amides is 2. The second-order valence-corrected chi connectivity index (χ2v) is 9.40. The Labute approximate surface area is 202 Å². The average Bonchev–Trinajstić information content (AvgIpc) is 3.34. The quantitative estimate of drug-likeness (QED) is 0.293. The summed E-state index contributed by atoms with van der Waals surface area (Å²) in [6.45, 7) is 6.41. The van der Waals surface area contributed by atoms with E-state index in [4.69, 9.17) is 16.7 Å². The largest absolute Gasteiger partial charge is 0.494 e. The van der Waals surface area contributed by atoms with Gasteiger partial charge >= 0.3 is 6.03 Å². The molecule has 0 aliphatic carbocycles. The number of anilines is 2. The minimum Gasteiger partial charge on any atom is -0.494 e. The molecule has 34 heavy (non-hydrogen) atoms. The molecule has 2 heterocycles. The molecule has 4 N–H and O–H groups in total. The summed E-state index contributed by atoms with van der Waals surface area (Å²) in [5.74, 6) is 0.441. The van der Waals surface area contributed by atoms with Crippen molar-refractivity contribution in [3.63, 3.8) is 0 Å². The highest BCUT2D eigenvalue weighted by molar-refractivity contribution is 6.30. The Balaban J connectivity index is 1.64. The van der Waals surface area contributed by atoms with Crippen molar-refractivity contribution in [2.24, 2.45) is 0 Å². The zero-order valence-corrected chi connectivity index (χ0v) is 19.8. The number of rotatable bonds is 5. The van der Waals surface area contributed by atoms with Crippen LogP contribution in [-0.4, -0.2) is 30.6 Å². The van der Waals surface area contributed by atoms with Crippen LogP contribution in [0.1, 0.15) is 32.0 Å². The third kappa shape index (κ3) is 5.18. The lowest BCUT2D eigenvalue weighted by Gasteiger charge is -2.14. The zero-order chi connectivity index (χ0) is 24.5. The Bertz CT molecular complexity index is 1300. The van der Waals surface area contributed by atoms with Crippen LogP contribution in [-0.2, 0) is 12.0 Å². The van der Waals surface area contributed by atoms with Crippen molar-refractivity contribution in [2.75, 3.05) is 10.6 Å². The number of aromatic hydroxyl groups is 2. The molecule has 0 atom stereocenters. The van der Waals surface area contributed by atoms with Gasteiger partial charge in [-0.15, -0.1) is 0 Å². The van der Waals surface area contributed by atoms with Gasteiger partial charge in [0.2, 0.25) is 0 Å². The Morgan fingerprint density at radius 1 is 0.971 bits per heavy atom. The van der Waals surface area contributed by atoms with Crippen LogP contribution >= 0.6 is 11.6 Å². The van der Waals surface area contributed by atoms with E-state index in [0.29, 0.717) is 16.5 Å². The van der Waals surface area contributed by atoms with Crippen molar-refractivity contribution in [1.29, 1.82) is 0 Å². The van der Waals surface area contributed by atoms with Gasteiger partial charge in [-0.1, -0.05) is 44.5 Å². The molecule has 0 radical (unpaired) electrons. The summed E-state index contributed by atoms with van der Waals surface area (Å²) < 4.78 is 3.06. The van der Waals surface area contributed by atoms with Crippen molar-refractivity contribution >= 4 is 29.1 Å². The van der Waals surface area contributed by atoms with Gasteiger partial charge in [0.25, 0.3) is 0 Å². The number of nitrogens with zero attached hydrogens (tertiary/aromatic N) is 3. The summed E-state index contributed by atoms with van der Waals surface area (Å²) in [7, 11) is 0. The average molecular weight is 480 g/mol. The molecule has 2 aromatic heterocycles. The van der Waals surface area contributed by atoms with Gasteiger partial charge in [-0.05, 0) is 42.0 Å². The van der Waals surface area contributed by atoms with Crippen molar-refractivity contribution < 1.29 is 15.0 Å². The van der Waals surface area contributed by atoms with Gasteiger partial charge < -0.3 is 15.5 Å². The number of hydrogen-bond acceptors (Lipinski definition) is 4. The van der Waals surface area contributed by atoms with E-state index in [1.54, 1.807) is 28.9 Å². The third-order valence-corrected chi connectivity index (χ3v) is 5.50. The Hall–Kier alpha value is -3.91. The molecule has 8 nitrogen and oxygen atoms in total. The van der Waals surface area contributed by atoms with Crippen LogP contribution in [0.5, 0.6) is 11.8 Å². The topological polar surface area (TPSA) is 104 Å². The molecule has 0 spiro atoms. The molecule has 0 unspecified atom stereocenters. The zero-order valence-electron chi connectivity index (χ0n) is 19.1. The number of aromatic nitrogens is 3. The lowest BCUT2D eigenvalue weighted by molar-refractivity contribution is 0.262. The number of carbonyl (C=O) groups excluding carboxylic acids is 1. The predicted octanol–water partition coefficient (Wildman–Crippen LogP) is 5.73. The fourth-order valence-corrected chi connectivity index (χ4v) is 3.55. The summed E-state index contributed by atoms with van der Waals surface area (Å²) in [6, 6.07) is 18.6. The predicted molar refractivity (Wildman–Crippen MR) is 133 cm³/mol. The first-order valence-corrected chi connectivity index (χ1v) is 11.1. The monoisotopic (exact) mass is 479 g/mol. The summed E-state index contributed by atoms with van der Waals surface area (Å²) in [5.41, 5.74) is 2.73. The molecule has 176 valence electrons. The molecule has 2 amide bonds. The highest BCUT2D eigenvalue weighted by atomic mass is 35.5. The molecule has 2 aromatic carbocycles. The second-order valence-electron chi connectivity index (χ2n) is 8.97. The van der Waals surface area contributed by atoms with E-state index in [9.17, 15) is 15.0 Å². The number of hydrogen-bond donors (Lipinski definition) is 4. The molecule has 0 saturated heterocycles. The van der Waals surface area contributed by atoms with Crippen LogP contribution in [0.15, 0.2) is 66.7 Å². The summed E-state index contributed by atoms with van der Waals surface area (Å²) in [5, 5.41) is 31.0. The first-order chi connectivity index (χ1) is 16.1. The Morgan fingerprint density at radius 2 is 1.65 bits per heavy atom. The van der Waals surface area contributed by atoms with Crippen molar-refractivity contribution in [1.82, 2.24) is 14.3 Å². The maximum Gasteiger partial charge on any atom is 0.324 e. The van der Waals surface area contributed by atoms with Crippen molar-refractivity contribution in [3.8, 4) is 17.4 Å². The van der Waals surface area contributed by atoms with Crippen LogP contribution in [0, 0.1) is 0 Å². The molecular formula is C25H26ClN5O3. The van der Waals surface area contributed by atoms with Gasteiger partial charge in [0, 0.05) is 34.3 Å². The fourth-order valence-electron chi connectivity index (χ4n) is 3.42. The van der Waals surface area contributed by atoms with Gasteiger partial charge in [0.05, 0.1) is 17.9 Å². The van der Waals surface area contributed by atoms with Gasteiger partial charge in [-0.3, -0.25) is 9.88 Å². The number of carbonyl (C=O) groups is 1. The van der Waals surface area contributed by atoms with Gasteiger partial charge in [0.1, 0.15) is 5.82 Å². The minimum absolute atomic E-state index is 0.0294. The molecule has 0 saturated carbocycles. The highest BCUT2D eigenvalue weighted by Gasteiger charge is 2.22. The van der Waals surface area contributed by atoms with Crippen LogP contribution < -0.4 is 10.6 Å². The smallest absolute Gasteiger partial charge is 0.324 e. The fraction of sp³-hybridized carbons (Fsp3) is 0.200. The normalized spacial score (nSPS) is 11.4.